The van der Waals surface area contributed by atoms with Crippen molar-refractivity contribution in [1.29, 1.82) is 5.26 Å². The van der Waals surface area contributed by atoms with Gasteiger partial charge in [-0.2, -0.15) is 5.26 Å². The van der Waals surface area contributed by atoms with Crippen LogP contribution in [0, 0.1) is 17.2 Å². The van der Waals surface area contributed by atoms with E-state index >= 15 is 0 Å². The number of thiophene rings is 1. The summed E-state index contributed by atoms with van der Waals surface area (Å²) in [7, 11) is 0. The maximum Gasteiger partial charge on any atom is 0.306 e. The number of nitrogens with one attached hydrogen (secondary N) is 1. The van der Waals surface area contributed by atoms with Crippen LogP contribution in [0.2, 0.25) is 0 Å². The molecule has 0 aliphatic heterocycles. The fraction of sp³-hybridized carbons (Fsp3) is 0.588. The van der Waals surface area contributed by atoms with Crippen LogP contribution in [0.15, 0.2) is 0 Å². The van der Waals surface area contributed by atoms with Gasteiger partial charge >= 0.3 is 5.97 Å². The second kappa shape index (κ2) is 8.11. The van der Waals surface area contributed by atoms with Crippen LogP contribution in [-0.4, -0.2) is 18.5 Å². The van der Waals surface area contributed by atoms with E-state index in [4.69, 9.17) is 4.74 Å². The number of rotatable bonds is 6. The van der Waals surface area contributed by atoms with Crippen LogP contribution in [0.4, 0.5) is 5.00 Å². The molecule has 1 aliphatic carbocycles. The zero-order valence-corrected chi connectivity index (χ0v) is 14.4. The molecule has 1 aromatic rings. The first-order valence-corrected chi connectivity index (χ1v) is 8.86. The second-order valence-corrected chi connectivity index (χ2v) is 7.09. The quantitative estimate of drug-likeness (QED) is 0.809. The van der Waals surface area contributed by atoms with Gasteiger partial charge in [0.25, 0.3) is 5.91 Å². The van der Waals surface area contributed by atoms with Crippen molar-refractivity contribution in [3.05, 3.63) is 16.0 Å². The Kier molecular flexibility index (Phi) is 6.17. The van der Waals surface area contributed by atoms with Crippen LogP contribution in [0.1, 0.15) is 55.5 Å². The van der Waals surface area contributed by atoms with Gasteiger partial charge in [-0.25, -0.2) is 0 Å². The van der Waals surface area contributed by atoms with E-state index in [1.165, 1.54) is 16.2 Å². The smallest absolute Gasteiger partial charge is 0.306 e. The molecule has 124 valence electrons. The Morgan fingerprint density at radius 1 is 1.48 bits per heavy atom. The largest absolute Gasteiger partial charge is 0.456 e. The Hall–Kier alpha value is -1.87. The number of hydrogen-bond donors (Lipinski definition) is 1. The Morgan fingerprint density at radius 2 is 2.26 bits per heavy atom. The van der Waals surface area contributed by atoms with E-state index in [9.17, 15) is 14.9 Å². The van der Waals surface area contributed by atoms with Gasteiger partial charge in [0, 0.05) is 11.3 Å². The van der Waals surface area contributed by atoms with Crippen molar-refractivity contribution in [1.82, 2.24) is 0 Å². The lowest BCUT2D eigenvalue weighted by Gasteiger charge is -2.17. The zero-order valence-electron chi connectivity index (χ0n) is 13.6. The molecule has 0 aromatic carbocycles. The van der Waals surface area contributed by atoms with Crippen molar-refractivity contribution >= 4 is 28.2 Å². The molecule has 0 bridgehead atoms. The maximum atomic E-state index is 11.9. The third-order valence-corrected chi connectivity index (χ3v) is 5.14. The standard InChI is InChI=1S/C17H22N2O3S/c1-3-4-5-16(21)22-10-15(20)19-17-13(9-18)12-7-6-11(2)8-14(12)23-17/h11H,3-8,10H2,1-2H3,(H,19,20)/t11-/m0/s1. The molecule has 5 nitrogen and oxygen atoms in total. The SMILES string of the molecule is CCCCC(=O)OCC(=O)Nc1sc2c(c1C#N)CC[C@H](C)C2. The van der Waals surface area contributed by atoms with Gasteiger partial charge in [-0.3, -0.25) is 9.59 Å². The zero-order chi connectivity index (χ0) is 16.8. The predicted octanol–water partition coefficient (Wildman–Crippen LogP) is 3.42. The maximum absolute atomic E-state index is 11.9. The summed E-state index contributed by atoms with van der Waals surface area (Å²) in [5, 5.41) is 12.7. The first-order valence-electron chi connectivity index (χ1n) is 8.05. The highest BCUT2D eigenvalue weighted by Gasteiger charge is 2.24. The number of carbonyl (C=O) groups excluding carboxylic acids is 2. The first-order chi connectivity index (χ1) is 11.0. The Balaban J connectivity index is 1.96. The third kappa shape index (κ3) is 4.55. The molecule has 0 spiro atoms. The Morgan fingerprint density at radius 3 is 2.96 bits per heavy atom. The minimum absolute atomic E-state index is 0.299. The highest BCUT2D eigenvalue weighted by Crippen LogP contribution is 2.39. The van der Waals surface area contributed by atoms with Crippen LogP contribution in [0.5, 0.6) is 0 Å². The number of anilines is 1. The summed E-state index contributed by atoms with van der Waals surface area (Å²) in [6.45, 7) is 3.89. The number of unbranched alkanes of at least 4 members (excludes halogenated alkanes) is 1. The Labute approximate surface area is 140 Å². The minimum atomic E-state index is -0.391. The Bertz CT molecular complexity index is 631. The van der Waals surface area contributed by atoms with E-state index in [1.54, 1.807) is 0 Å². The molecule has 1 N–H and O–H groups in total. The third-order valence-electron chi connectivity index (χ3n) is 3.98. The summed E-state index contributed by atoms with van der Waals surface area (Å²) >= 11 is 1.47. The lowest BCUT2D eigenvalue weighted by molar-refractivity contribution is -0.147. The molecule has 2 rings (SSSR count). The van der Waals surface area contributed by atoms with E-state index in [0.717, 1.165) is 37.7 Å². The molecule has 0 unspecified atom stereocenters. The van der Waals surface area contributed by atoms with Gasteiger partial charge in [-0.05, 0) is 37.2 Å². The van der Waals surface area contributed by atoms with Crippen LogP contribution in [0.25, 0.3) is 0 Å². The summed E-state index contributed by atoms with van der Waals surface area (Å²) in [6, 6.07) is 2.20. The molecule has 1 aromatic heterocycles. The van der Waals surface area contributed by atoms with Gasteiger partial charge in [0.1, 0.15) is 11.1 Å². The monoisotopic (exact) mass is 334 g/mol. The van der Waals surface area contributed by atoms with Gasteiger partial charge in [-0.1, -0.05) is 20.3 Å². The number of esters is 1. The number of amides is 1. The van der Waals surface area contributed by atoms with E-state index in [0.29, 0.717) is 22.9 Å². The molecular formula is C17H22N2O3S. The summed E-state index contributed by atoms with van der Waals surface area (Å²) in [5.74, 6) is -0.143. The van der Waals surface area contributed by atoms with E-state index in [-0.39, 0.29) is 12.6 Å². The average Bonchev–Trinajstić information content (AvgIpc) is 2.86. The van der Waals surface area contributed by atoms with E-state index in [2.05, 4.69) is 18.3 Å². The molecular weight excluding hydrogens is 312 g/mol. The molecule has 0 saturated heterocycles. The summed E-state index contributed by atoms with van der Waals surface area (Å²) in [6.07, 6.45) is 4.91. The molecule has 0 radical (unpaired) electrons. The average molecular weight is 334 g/mol. The number of nitriles is 1. The predicted molar refractivity (Wildman–Crippen MR) is 89.3 cm³/mol. The highest BCUT2D eigenvalue weighted by molar-refractivity contribution is 7.16. The molecule has 23 heavy (non-hydrogen) atoms. The van der Waals surface area contributed by atoms with Crippen molar-refractivity contribution in [2.24, 2.45) is 5.92 Å². The van der Waals surface area contributed by atoms with Gasteiger partial charge < -0.3 is 10.1 Å². The lowest BCUT2D eigenvalue weighted by Crippen LogP contribution is -2.20. The van der Waals surface area contributed by atoms with E-state index in [1.807, 2.05) is 6.92 Å². The number of ether oxygens (including phenoxy) is 1. The minimum Gasteiger partial charge on any atom is -0.456 e. The highest BCUT2D eigenvalue weighted by atomic mass is 32.1. The number of nitrogens with zero attached hydrogens (tertiary/aromatic N) is 1. The first kappa shape index (κ1) is 17.5. The summed E-state index contributed by atoms with van der Waals surface area (Å²) in [4.78, 5) is 24.6. The van der Waals surface area contributed by atoms with Crippen LogP contribution >= 0.6 is 11.3 Å². The summed E-state index contributed by atoms with van der Waals surface area (Å²) in [5.41, 5.74) is 1.65. The number of carbonyl (C=O) groups is 2. The fourth-order valence-electron chi connectivity index (χ4n) is 2.66. The summed E-state index contributed by atoms with van der Waals surface area (Å²) < 4.78 is 4.94. The molecule has 1 aliphatic rings. The van der Waals surface area contributed by atoms with Crippen molar-refractivity contribution < 1.29 is 14.3 Å². The van der Waals surface area contributed by atoms with Gasteiger partial charge in [0.05, 0.1) is 5.56 Å². The number of fused-ring (bicyclic) bond motifs is 1. The van der Waals surface area contributed by atoms with Crippen molar-refractivity contribution in [2.75, 3.05) is 11.9 Å². The second-order valence-electron chi connectivity index (χ2n) is 5.98. The van der Waals surface area contributed by atoms with Crippen LogP contribution < -0.4 is 5.32 Å². The van der Waals surface area contributed by atoms with Gasteiger partial charge in [-0.15, -0.1) is 11.3 Å². The van der Waals surface area contributed by atoms with Gasteiger partial charge in [0.15, 0.2) is 6.61 Å². The van der Waals surface area contributed by atoms with Gasteiger partial charge in [0.2, 0.25) is 0 Å². The number of hydrogen-bond acceptors (Lipinski definition) is 5. The van der Waals surface area contributed by atoms with Crippen molar-refractivity contribution in [3.8, 4) is 6.07 Å². The molecule has 0 saturated carbocycles. The topological polar surface area (TPSA) is 79.2 Å². The molecule has 1 amide bonds. The molecule has 0 fully saturated rings. The van der Waals surface area contributed by atoms with E-state index < -0.39 is 5.91 Å². The molecule has 1 heterocycles. The van der Waals surface area contributed by atoms with Crippen LogP contribution in [-0.2, 0) is 27.2 Å². The van der Waals surface area contributed by atoms with Crippen molar-refractivity contribution in [2.45, 2.75) is 52.4 Å². The molecule has 1 atom stereocenters. The van der Waals surface area contributed by atoms with Crippen LogP contribution in [0.3, 0.4) is 0 Å². The lowest BCUT2D eigenvalue weighted by atomic mass is 9.89. The molecule has 6 heteroatoms. The fourth-order valence-corrected chi connectivity index (χ4v) is 4.04. The van der Waals surface area contributed by atoms with Crippen molar-refractivity contribution in [3.63, 3.8) is 0 Å². The normalized spacial score (nSPS) is 16.3.